The Bertz CT molecular complexity index is 599. The summed E-state index contributed by atoms with van der Waals surface area (Å²) in [6.45, 7) is 9.28. The first kappa shape index (κ1) is 22.0. The molecule has 0 fully saturated rings. The molecule has 2 aromatic rings. The molecule has 0 saturated heterocycles. The van der Waals surface area contributed by atoms with Gasteiger partial charge in [-0.05, 0) is 23.0 Å². The van der Waals surface area contributed by atoms with Crippen LogP contribution >= 0.6 is 11.6 Å². The molecular formula is C26H37Cl. The number of hydrogen-bond acceptors (Lipinski definition) is 0. The number of benzene rings is 2. The van der Waals surface area contributed by atoms with Crippen LogP contribution in [0.3, 0.4) is 0 Å². The van der Waals surface area contributed by atoms with Crippen molar-refractivity contribution in [2.45, 2.75) is 83.4 Å². The van der Waals surface area contributed by atoms with Gasteiger partial charge in [-0.25, -0.2) is 0 Å². The van der Waals surface area contributed by atoms with Gasteiger partial charge in [0, 0.05) is 10.8 Å². The van der Waals surface area contributed by atoms with Crippen LogP contribution in [0, 0.1) is 5.41 Å². The lowest BCUT2D eigenvalue weighted by Gasteiger charge is -2.49. The predicted octanol–water partition coefficient (Wildman–Crippen LogP) is 8.38. The highest BCUT2D eigenvalue weighted by Crippen LogP contribution is 2.52. The molecule has 2 aromatic carbocycles. The SMILES string of the molecule is CCCCCCCCC(Cl)C(c1ccccc1)(c1ccccc1)C(C)(C)C. The summed E-state index contributed by atoms with van der Waals surface area (Å²) in [5, 5.41) is 0.0634. The fraction of sp³-hybridized carbons (Fsp3) is 0.538. The molecule has 0 aliphatic heterocycles. The topological polar surface area (TPSA) is 0 Å². The van der Waals surface area contributed by atoms with Crippen molar-refractivity contribution in [3.63, 3.8) is 0 Å². The second kappa shape index (κ2) is 10.3. The molecular weight excluding hydrogens is 348 g/mol. The van der Waals surface area contributed by atoms with Crippen molar-refractivity contribution in [3.8, 4) is 0 Å². The molecule has 0 amide bonds. The van der Waals surface area contributed by atoms with Gasteiger partial charge in [-0.2, -0.15) is 0 Å². The van der Waals surface area contributed by atoms with E-state index in [2.05, 4.69) is 88.4 Å². The predicted molar refractivity (Wildman–Crippen MR) is 121 cm³/mol. The maximum absolute atomic E-state index is 7.30. The van der Waals surface area contributed by atoms with Gasteiger partial charge in [0.05, 0.1) is 0 Å². The monoisotopic (exact) mass is 384 g/mol. The van der Waals surface area contributed by atoms with E-state index in [-0.39, 0.29) is 16.2 Å². The Hall–Kier alpha value is -1.27. The third-order valence-corrected chi connectivity index (χ3v) is 6.47. The third-order valence-electron chi connectivity index (χ3n) is 5.92. The summed E-state index contributed by atoms with van der Waals surface area (Å²) in [6, 6.07) is 21.8. The molecule has 0 aromatic heterocycles. The summed E-state index contributed by atoms with van der Waals surface area (Å²) in [5.74, 6) is 0. The zero-order valence-electron chi connectivity index (χ0n) is 17.7. The van der Waals surface area contributed by atoms with E-state index in [0.717, 1.165) is 6.42 Å². The molecule has 0 aliphatic carbocycles. The Morgan fingerprint density at radius 3 is 1.59 bits per heavy atom. The van der Waals surface area contributed by atoms with Crippen LogP contribution in [0.2, 0.25) is 0 Å². The molecule has 0 bridgehead atoms. The molecule has 0 spiro atoms. The second-order valence-electron chi connectivity index (χ2n) is 8.81. The van der Waals surface area contributed by atoms with Crippen molar-refractivity contribution in [1.29, 1.82) is 0 Å². The highest BCUT2D eigenvalue weighted by atomic mass is 35.5. The maximum atomic E-state index is 7.30. The Morgan fingerprint density at radius 2 is 1.15 bits per heavy atom. The van der Waals surface area contributed by atoms with Gasteiger partial charge >= 0.3 is 0 Å². The van der Waals surface area contributed by atoms with E-state index in [4.69, 9.17) is 11.6 Å². The zero-order chi connectivity index (χ0) is 19.8. The molecule has 27 heavy (non-hydrogen) atoms. The highest BCUT2D eigenvalue weighted by Gasteiger charge is 2.49. The van der Waals surface area contributed by atoms with Crippen molar-refractivity contribution in [2.24, 2.45) is 5.41 Å². The number of hydrogen-bond donors (Lipinski definition) is 0. The first-order valence-corrected chi connectivity index (χ1v) is 11.1. The van der Waals surface area contributed by atoms with E-state index >= 15 is 0 Å². The average Bonchev–Trinajstić information content (AvgIpc) is 2.66. The van der Waals surface area contributed by atoms with Gasteiger partial charge in [0.1, 0.15) is 0 Å². The Labute approximate surface area is 172 Å². The van der Waals surface area contributed by atoms with Crippen molar-refractivity contribution >= 4 is 11.6 Å². The minimum atomic E-state index is -0.208. The lowest BCUT2D eigenvalue weighted by molar-refractivity contribution is 0.211. The van der Waals surface area contributed by atoms with E-state index in [0.29, 0.717) is 0 Å². The highest BCUT2D eigenvalue weighted by molar-refractivity contribution is 6.22. The third kappa shape index (κ3) is 5.17. The van der Waals surface area contributed by atoms with Gasteiger partial charge in [0.25, 0.3) is 0 Å². The normalized spacial score (nSPS) is 13.5. The number of unbranched alkanes of at least 4 members (excludes halogenated alkanes) is 5. The van der Waals surface area contributed by atoms with E-state index < -0.39 is 0 Å². The molecule has 1 unspecified atom stereocenters. The summed E-state index contributed by atoms with van der Waals surface area (Å²) in [7, 11) is 0. The largest absolute Gasteiger partial charge is 0.122 e. The molecule has 1 heteroatoms. The van der Waals surface area contributed by atoms with Crippen LogP contribution in [0.15, 0.2) is 60.7 Å². The van der Waals surface area contributed by atoms with Crippen LogP contribution in [-0.4, -0.2) is 5.38 Å². The molecule has 2 rings (SSSR count). The summed E-state index contributed by atoms with van der Waals surface area (Å²) in [5.41, 5.74) is 2.45. The van der Waals surface area contributed by atoms with Gasteiger partial charge < -0.3 is 0 Å². The van der Waals surface area contributed by atoms with Crippen molar-refractivity contribution in [1.82, 2.24) is 0 Å². The first-order chi connectivity index (χ1) is 12.9. The standard InChI is InChI=1S/C26H37Cl/c1-5-6-7-8-9-16-21-24(27)26(25(2,3)4,22-17-12-10-13-18-22)23-19-14-11-15-20-23/h10-15,17-20,24H,5-9,16,21H2,1-4H3. The van der Waals surface area contributed by atoms with Crippen LogP contribution in [0.1, 0.15) is 83.8 Å². The van der Waals surface area contributed by atoms with Gasteiger partial charge in [0.2, 0.25) is 0 Å². The Morgan fingerprint density at radius 1 is 0.704 bits per heavy atom. The van der Waals surface area contributed by atoms with E-state index in [1.807, 2.05) is 0 Å². The van der Waals surface area contributed by atoms with E-state index in [1.54, 1.807) is 0 Å². The molecule has 1 atom stereocenters. The lowest BCUT2D eigenvalue weighted by Crippen LogP contribution is -2.48. The summed E-state index contributed by atoms with van der Waals surface area (Å²) < 4.78 is 0. The second-order valence-corrected chi connectivity index (χ2v) is 9.34. The van der Waals surface area contributed by atoms with E-state index in [1.165, 1.54) is 49.7 Å². The first-order valence-electron chi connectivity index (χ1n) is 10.7. The number of halogens is 1. The molecule has 0 aliphatic rings. The molecule has 0 saturated carbocycles. The van der Waals surface area contributed by atoms with Gasteiger partial charge in [-0.1, -0.05) is 127 Å². The average molecular weight is 385 g/mol. The summed E-state index contributed by atoms with van der Waals surface area (Å²) in [4.78, 5) is 0. The lowest BCUT2D eigenvalue weighted by atomic mass is 9.56. The molecule has 0 nitrogen and oxygen atoms in total. The van der Waals surface area contributed by atoms with Crippen molar-refractivity contribution in [2.75, 3.05) is 0 Å². The molecule has 0 N–H and O–H groups in total. The van der Waals surface area contributed by atoms with Crippen molar-refractivity contribution in [3.05, 3.63) is 71.8 Å². The maximum Gasteiger partial charge on any atom is 0.0478 e. The zero-order valence-corrected chi connectivity index (χ0v) is 18.4. The van der Waals surface area contributed by atoms with Crippen LogP contribution < -0.4 is 0 Å². The Balaban J connectivity index is 2.34. The van der Waals surface area contributed by atoms with E-state index in [9.17, 15) is 0 Å². The molecule has 148 valence electrons. The van der Waals surface area contributed by atoms with Crippen LogP contribution in [0.25, 0.3) is 0 Å². The van der Waals surface area contributed by atoms with Crippen LogP contribution in [0.4, 0.5) is 0 Å². The van der Waals surface area contributed by atoms with Crippen LogP contribution in [-0.2, 0) is 5.41 Å². The summed E-state index contributed by atoms with van der Waals surface area (Å²) >= 11 is 7.30. The molecule has 0 heterocycles. The smallest absolute Gasteiger partial charge is 0.0478 e. The fourth-order valence-corrected chi connectivity index (χ4v) is 5.32. The van der Waals surface area contributed by atoms with Gasteiger partial charge in [-0.15, -0.1) is 11.6 Å². The Kier molecular flexibility index (Phi) is 8.42. The number of alkyl halides is 1. The van der Waals surface area contributed by atoms with Crippen LogP contribution in [0.5, 0.6) is 0 Å². The summed E-state index contributed by atoms with van der Waals surface area (Å²) in [6.07, 6.45) is 8.87. The fourth-order valence-electron chi connectivity index (χ4n) is 4.59. The van der Waals surface area contributed by atoms with Gasteiger partial charge in [0.15, 0.2) is 0 Å². The number of rotatable bonds is 10. The van der Waals surface area contributed by atoms with Gasteiger partial charge in [-0.3, -0.25) is 0 Å². The quantitative estimate of drug-likeness (QED) is 0.285. The minimum absolute atomic E-state index is 0.00430. The van der Waals surface area contributed by atoms with Crippen molar-refractivity contribution < 1.29 is 0 Å². The minimum Gasteiger partial charge on any atom is -0.122 e. The molecule has 0 radical (unpaired) electrons.